The molecule has 0 unspecified atom stereocenters. The number of imidazole rings is 1. The molecule has 5 rings (SSSR count). The molecule has 0 bridgehead atoms. The summed E-state index contributed by atoms with van der Waals surface area (Å²) in [4.78, 5) is 4.72. The second kappa shape index (κ2) is 8.55. The predicted octanol–water partition coefficient (Wildman–Crippen LogP) is 3.42. The van der Waals surface area contributed by atoms with E-state index in [4.69, 9.17) is 16.1 Å². The number of nitrogens with two attached hydrogens (primary N) is 1. The van der Waals surface area contributed by atoms with Crippen molar-refractivity contribution in [1.29, 1.82) is 5.41 Å². The molecule has 1 saturated carbocycles. The number of anilines is 1. The van der Waals surface area contributed by atoms with Gasteiger partial charge >= 0.3 is 0 Å². The molecule has 4 N–H and O–H groups in total. The SMILES string of the molecule is Cc1cc(N)c(C=N)c(-c2cn(Cc3cn4cc(CNCC5CCC5)ccc4n3)nn2)c1. The number of fused-ring (bicyclic) bond motifs is 1. The molecule has 1 aromatic carbocycles. The first kappa shape index (κ1) is 20.4. The van der Waals surface area contributed by atoms with Crippen molar-refractivity contribution < 1.29 is 0 Å². The van der Waals surface area contributed by atoms with Crippen LogP contribution in [0.2, 0.25) is 0 Å². The van der Waals surface area contributed by atoms with Crippen molar-refractivity contribution in [3.05, 3.63) is 65.2 Å². The van der Waals surface area contributed by atoms with Crippen molar-refractivity contribution in [2.24, 2.45) is 5.92 Å². The Morgan fingerprint density at radius 2 is 2.09 bits per heavy atom. The van der Waals surface area contributed by atoms with Crippen LogP contribution in [0.5, 0.6) is 0 Å². The number of nitrogens with one attached hydrogen (secondary N) is 2. The summed E-state index contributed by atoms with van der Waals surface area (Å²) in [6, 6.07) is 8.04. The number of nitrogen functional groups attached to an aromatic ring is 1. The summed E-state index contributed by atoms with van der Waals surface area (Å²) in [6.45, 7) is 4.48. The maximum atomic E-state index is 7.71. The smallest absolute Gasteiger partial charge is 0.137 e. The quantitative estimate of drug-likeness (QED) is 0.294. The van der Waals surface area contributed by atoms with Gasteiger partial charge in [0.05, 0.1) is 18.4 Å². The van der Waals surface area contributed by atoms with E-state index in [1.807, 2.05) is 31.5 Å². The van der Waals surface area contributed by atoms with Gasteiger partial charge in [0, 0.05) is 42.0 Å². The summed E-state index contributed by atoms with van der Waals surface area (Å²) < 4.78 is 3.84. The van der Waals surface area contributed by atoms with Crippen molar-refractivity contribution in [3.63, 3.8) is 0 Å². The molecule has 0 spiro atoms. The van der Waals surface area contributed by atoms with Gasteiger partial charge in [0.25, 0.3) is 0 Å². The van der Waals surface area contributed by atoms with Crippen LogP contribution < -0.4 is 11.1 Å². The molecule has 1 fully saturated rings. The predicted molar refractivity (Wildman–Crippen MR) is 126 cm³/mol. The molecule has 8 nitrogen and oxygen atoms in total. The number of benzene rings is 1. The zero-order valence-corrected chi connectivity index (χ0v) is 18.3. The Morgan fingerprint density at radius 1 is 1.22 bits per heavy atom. The monoisotopic (exact) mass is 428 g/mol. The van der Waals surface area contributed by atoms with E-state index in [2.05, 4.69) is 38.4 Å². The molecule has 0 radical (unpaired) electrons. The van der Waals surface area contributed by atoms with E-state index in [1.165, 1.54) is 31.0 Å². The molecule has 1 aliphatic carbocycles. The number of hydrogen-bond donors (Lipinski definition) is 3. The zero-order chi connectivity index (χ0) is 22.1. The minimum absolute atomic E-state index is 0.519. The first-order valence-corrected chi connectivity index (χ1v) is 11.1. The summed E-state index contributed by atoms with van der Waals surface area (Å²) in [5, 5.41) is 19.9. The molecule has 3 heterocycles. The lowest BCUT2D eigenvalue weighted by Crippen LogP contribution is -2.26. The summed E-state index contributed by atoms with van der Waals surface area (Å²) >= 11 is 0. The van der Waals surface area contributed by atoms with Crippen molar-refractivity contribution in [1.82, 2.24) is 29.7 Å². The first-order valence-electron chi connectivity index (χ1n) is 11.1. The lowest BCUT2D eigenvalue weighted by atomic mass is 9.85. The highest BCUT2D eigenvalue weighted by molar-refractivity contribution is 5.94. The number of aromatic nitrogens is 5. The number of aryl methyl sites for hydroxylation is 1. The highest BCUT2D eigenvalue weighted by atomic mass is 15.4. The molecule has 0 atom stereocenters. The van der Waals surface area contributed by atoms with Gasteiger partial charge in [-0.3, -0.25) is 0 Å². The fraction of sp³-hybridized carbons (Fsp3) is 0.333. The summed E-state index contributed by atoms with van der Waals surface area (Å²) in [6.07, 6.45) is 11.4. The van der Waals surface area contributed by atoms with Gasteiger partial charge in [0.1, 0.15) is 11.3 Å². The van der Waals surface area contributed by atoms with Crippen molar-refractivity contribution >= 4 is 17.5 Å². The molecule has 0 saturated heterocycles. The van der Waals surface area contributed by atoms with Gasteiger partial charge in [-0.25, -0.2) is 9.67 Å². The number of rotatable bonds is 8. The van der Waals surface area contributed by atoms with Gasteiger partial charge in [-0.1, -0.05) is 17.7 Å². The van der Waals surface area contributed by atoms with Crippen LogP contribution in [0.25, 0.3) is 16.9 Å². The minimum Gasteiger partial charge on any atom is -0.398 e. The van der Waals surface area contributed by atoms with Crippen LogP contribution in [0.3, 0.4) is 0 Å². The highest BCUT2D eigenvalue weighted by Gasteiger charge is 2.16. The van der Waals surface area contributed by atoms with Crippen LogP contribution in [0.1, 0.15) is 41.6 Å². The van der Waals surface area contributed by atoms with Gasteiger partial charge in [-0.2, -0.15) is 0 Å². The van der Waals surface area contributed by atoms with Crippen LogP contribution in [0.15, 0.2) is 42.9 Å². The first-order chi connectivity index (χ1) is 15.6. The lowest BCUT2D eigenvalue weighted by Gasteiger charge is -2.25. The average Bonchev–Trinajstić information content (AvgIpc) is 3.35. The van der Waals surface area contributed by atoms with Gasteiger partial charge in [-0.15, -0.1) is 5.10 Å². The molecule has 3 aromatic heterocycles. The molecule has 32 heavy (non-hydrogen) atoms. The largest absolute Gasteiger partial charge is 0.398 e. The fourth-order valence-corrected chi connectivity index (χ4v) is 4.25. The summed E-state index contributed by atoms with van der Waals surface area (Å²) in [5.41, 5.74) is 12.9. The standard InChI is InChI=1S/C24H28N8/c1-16-7-20(21(9-25)22(26)8-16)23-15-32(30-29-23)14-19-13-31-12-18(5-6-24(31)28-19)11-27-10-17-3-2-4-17/h5-9,12-13,15,17,25,27H,2-4,10-11,14,26H2,1H3. The molecular formula is C24H28N8. The molecule has 0 amide bonds. The minimum atomic E-state index is 0.519. The fourth-order valence-electron chi connectivity index (χ4n) is 4.25. The van der Waals surface area contributed by atoms with E-state index < -0.39 is 0 Å². The van der Waals surface area contributed by atoms with Gasteiger partial charge in [0.2, 0.25) is 0 Å². The molecule has 0 aliphatic heterocycles. The summed E-state index contributed by atoms with van der Waals surface area (Å²) in [5.74, 6) is 0.859. The van der Waals surface area contributed by atoms with Crippen molar-refractivity contribution in [3.8, 4) is 11.3 Å². The number of pyridine rings is 1. The van der Waals surface area contributed by atoms with Crippen LogP contribution in [-0.2, 0) is 13.1 Å². The average molecular weight is 429 g/mol. The number of hydrogen-bond acceptors (Lipinski definition) is 6. The van der Waals surface area contributed by atoms with E-state index in [0.29, 0.717) is 23.5 Å². The topological polar surface area (TPSA) is 110 Å². The van der Waals surface area contributed by atoms with E-state index in [9.17, 15) is 0 Å². The Labute approximate surface area is 187 Å². The van der Waals surface area contributed by atoms with E-state index in [-0.39, 0.29) is 0 Å². The Bertz CT molecular complexity index is 1260. The maximum Gasteiger partial charge on any atom is 0.137 e. The Kier molecular flexibility index (Phi) is 5.45. The van der Waals surface area contributed by atoms with E-state index in [0.717, 1.165) is 41.5 Å². The normalized spacial score (nSPS) is 14.0. The van der Waals surface area contributed by atoms with Crippen LogP contribution >= 0.6 is 0 Å². The van der Waals surface area contributed by atoms with E-state index in [1.54, 1.807) is 4.68 Å². The maximum absolute atomic E-state index is 7.71. The van der Waals surface area contributed by atoms with Gasteiger partial charge < -0.3 is 20.9 Å². The van der Waals surface area contributed by atoms with Crippen molar-refractivity contribution in [2.75, 3.05) is 12.3 Å². The Morgan fingerprint density at radius 3 is 2.88 bits per heavy atom. The molecule has 164 valence electrons. The molecule has 1 aliphatic rings. The number of nitrogens with zero attached hydrogens (tertiary/aromatic N) is 5. The lowest BCUT2D eigenvalue weighted by molar-refractivity contribution is 0.301. The van der Waals surface area contributed by atoms with Gasteiger partial charge in [-0.05, 0) is 61.6 Å². The molecule has 8 heteroatoms. The molecule has 4 aromatic rings. The van der Waals surface area contributed by atoms with Crippen LogP contribution in [-0.4, -0.2) is 37.1 Å². The second-order valence-corrected chi connectivity index (χ2v) is 8.72. The Balaban J connectivity index is 1.31. The van der Waals surface area contributed by atoms with Gasteiger partial charge in [0.15, 0.2) is 0 Å². The second-order valence-electron chi connectivity index (χ2n) is 8.72. The third kappa shape index (κ3) is 4.13. The third-order valence-corrected chi connectivity index (χ3v) is 6.19. The van der Waals surface area contributed by atoms with Crippen LogP contribution in [0, 0.1) is 18.3 Å². The summed E-state index contributed by atoms with van der Waals surface area (Å²) in [7, 11) is 0. The zero-order valence-electron chi connectivity index (χ0n) is 18.3. The van der Waals surface area contributed by atoms with Crippen LogP contribution in [0.4, 0.5) is 5.69 Å². The highest BCUT2D eigenvalue weighted by Crippen LogP contribution is 2.27. The Hall–Kier alpha value is -3.52. The van der Waals surface area contributed by atoms with Crippen molar-refractivity contribution in [2.45, 2.75) is 39.3 Å². The van der Waals surface area contributed by atoms with E-state index >= 15 is 0 Å². The third-order valence-electron chi connectivity index (χ3n) is 6.19. The molecular weight excluding hydrogens is 400 g/mol.